The Labute approximate surface area is 167 Å². The van der Waals surface area contributed by atoms with Gasteiger partial charge in [0, 0.05) is 24.2 Å². The molecule has 1 fully saturated rings. The average molecular weight is 377 g/mol. The van der Waals surface area contributed by atoms with E-state index < -0.39 is 0 Å². The van der Waals surface area contributed by atoms with Gasteiger partial charge in [0.25, 0.3) is 0 Å². The summed E-state index contributed by atoms with van der Waals surface area (Å²) in [6.45, 7) is 4.49. The van der Waals surface area contributed by atoms with Crippen LogP contribution in [0.3, 0.4) is 0 Å². The minimum absolute atomic E-state index is 0.124. The van der Waals surface area contributed by atoms with Crippen LogP contribution in [0.5, 0.6) is 11.5 Å². The molecule has 28 heavy (non-hydrogen) atoms. The summed E-state index contributed by atoms with van der Waals surface area (Å²) in [5.74, 6) is 1.74. The zero-order valence-electron chi connectivity index (χ0n) is 16.8. The van der Waals surface area contributed by atoms with Crippen molar-refractivity contribution in [1.29, 1.82) is 0 Å². The van der Waals surface area contributed by atoms with Crippen LogP contribution < -0.4 is 9.47 Å². The summed E-state index contributed by atoms with van der Waals surface area (Å²) in [6.07, 6.45) is 5.04. The number of nitrogens with zero attached hydrogens (tertiary/aromatic N) is 1. The molecule has 1 saturated heterocycles. The third-order valence-corrected chi connectivity index (χ3v) is 4.82. The van der Waals surface area contributed by atoms with Crippen LogP contribution in [0, 0.1) is 0 Å². The highest BCUT2D eigenvalue weighted by molar-refractivity contribution is 6.14. The van der Waals surface area contributed by atoms with Crippen LogP contribution in [0.4, 0.5) is 0 Å². The average Bonchev–Trinajstić information content (AvgIpc) is 2.72. The molecule has 2 aromatic carbocycles. The second-order valence-corrected chi connectivity index (χ2v) is 6.93. The Hall–Kier alpha value is -2.85. The van der Waals surface area contributed by atoms with E-state index in [1.165, 1.54) is 0 Å². The summed E-state index contributed by atoms with van der Waals surface area (Å²) in [5.41, 5.74) is 3.66. The Morgan fingerprint density at radius 3 is 1.61 bits per heavy atom. The van der Waals surface area contributed by atoms with Gasteiger partial charge >= 0.3 is 0 Å². The van der Waals surface area contributed by atoms with Gasteiger partial charge in [0.15, 0.2) is 5.78 Å². The first-order valence-electron chi connectivity index (χ1n) is 9.59. The van der Waals surface area contributed by atoms with Gasteiger partial charge in [0.05, 0.1) is 14.2 Å². The minimum Gasteiger partial charge on any atom is -0.497 e. The number of carbonyl (C=O) groups excluding carboxylic acids is 1. The Morgan fingerprint density at radius 2 is 1.25 bits per heavy atom. The first-order valence-corrected chi connectivity index (χ1v) is 9.59. The van der Waals surface area contributed by atoms with Crippen LogP contribution in [-0.2, 0) is 4.79 Å². The molecule has 0 N–H and O–H groups in total. The van der Waals surface area contributed by atoms with Gasteiger partial charge in [-0.15, -0.1) is 0 Å². The Kier molecular flexibility index (Phi) is 6.66. The van der Waals surface area contributed by atoms with Gasteiger partial charge in [-0.05, 0) is 60.5 Å². The molecular weight excluding hydrogens is 350 g/mol. The number of hydrogen-bond donors (Lipinski definition) is 0. The van der Waals surface area contributed by atoms with E-state index in [0.29, 0.717) is 13.1 Å². The predicted molar refractivity (Wildman–Crippen MR) is 114 cm³/mol. The zero-order chi connectivity index (χ0) is 19.9. The fourth-order valence-corrected chi connectivity index (χ4v) is 3.39. The molecule has 4 heteroatoms. The van der Waals surface area contributed by atoms with E-state index in [1.54, 1.807) is 14.2 Å². The predicted octanol–water partition coefficient (Wildman–Crippen LogP) is 4.47. The number of Topliss-reactive ketones (excluding diaryl/α,β-unsaturated/α-hetero) is 1. The lowest BCUT2D eigenvalue weighted by Crippen LogP contribution is -2.38. The van der Waals surface area contributed by atoms with Gasteiger partial charge in [0.2, 0.25) is 0 Å². The molecule has 0 atom stereocenters. The topological polar surface area (TPSA) is 38.8 Å². The second kappa shape index (κ2) is 9.38. The molecule has 0 amide bonds. The van der Waals surface area contributed by atoms with Crippen LogP contribution in [0.15, 0.2) is 59.7 Å². The smallest absolute Gasteiger partial charge is 0.187 e. The van der Waals surface area contributed by atoms with Crippen molar-refractivity contribution in [3.05, 3.63) is 70.8 Å². The number of ketones is 1. The van der Waals surface area contributed by atoms with Crippen molar-refractivity contribution < 1.29 is 14.3 Å². The number of methoxy groups -OCH3 is 2. The number of hydrogen-bond acceptors (Lipinski definition) is 4. The third kappa shape index (κ3) is 4.90. The fraction of sp³-hybridized carbons (Fsp3) is 0.292. The molecule has 1 aliphatic rings. The summed E-state index contributed by atoms with van der Waals surface area (Å²) in [5, 5.41) is 0. The Morgan fingerprint density at radius 1 is 0.821 bits per heavy atom. The molecule has 0 bridgehead atoms. The maximum Gasteiger partial charge on any atom is 0.187 e. The number of piperidine rings is 1. The number of carbonyl (C=O) groups is 1. The van der Waals surface area contributed by atoms with E-state index in [4.69, 9.17) is 9.47 Å². The number of rotatable bonds is 6. The molecule has 1 heterocycles. The molecule has 3 rings (SSSR count). The Balaban J connectivity index is 1.90. The minimum atomic E-state index is 0.124. The lowest BCUT2D eigenvalue weighted by atomic mass is 9.94. The normalized spacial score (nSPS) is 17.9. The van der Waals surface area contributed by atoms with E-state index >= 15 is 0 Å². The van der Waals surface area contributed by atoms with Crippen molar-refractivity contribution in [2.45, 2.75) is 13.3 Å². The van der Waals surface area contributed by atoms with Crippen LogP contribution in [0.1, 0.15) is 24.5 Å². The highest BCUT2D eigenvalue weighted by Gasteiger charge is 2.25. The molecule has 0 radical (unpaired) electrons. The van der Waals surface area contributed by atoms with Crippen molar-refractivity contribution in [1.82, 2.24) is 4.90 Å². The maximum atomic E-state index is 13.1. The number of benzene rings is 2. The van der Waals surface area contributed by atoms with Crippen LogP contribution in [0.25, 0.3) is 12.2 Å². The number of ether oxygens (including phenoxy) is 2. The summed E-state index contributed by atoms with van der Waals surface area (Å²) in [7, 11) is 3.30. The quantitative estimate of drug-likeness (QED) is 0.697. The summed E-state index contributed by atoms with van der Waals surface area (Å²) in [4.78, 5) is 15.4. The molecular formula is C24H27NO3. The molecule has 0 aromatic heterocycles. The van der Waals surface area contributed by atoms with E-state index in [0.717, 1.165) is 46.7 Å². The second-order valence-electron chi connectivity index (χ2n) is 6.93. The van der Waals surface area contributed by atoms with Gasteiger partial charge in [-0.3, -0.25) is 9.69 Å². The van der Waals surface area contributed by atoms with Crippen molar-refractivity contribution in [2.75, 3.05) is 33.9 Å². The van der Waals surface area contributed by atoms with E-state index in [9.17, 15) is 4.79 Å². The van der Waals surface area contributed by atoms with Crippen molar-refractivity contribution >= 4 is 17.9 Å². The highest BCUT2D eigenvalue weighted by Crippen LogP contribution is 2.23. The van der Waals surface area contributed by atoms with E-state index in [2.05, 4.69) is 11.8 Å². The lowest BCUT2D eigenvalue weighted by Gasteiger charge is -2.29. The number of likely N-dealkylation sites (tertiary alicyclic amines) is 1. The molecule has 0 saturated carbocycles. The largest absolute Gasteiger partial charge is 0.497 e. The molecule has 0 unspecified atom stereocenters. The summed E-state index contributed by atoms with van der Waals surface area (Å²) in [6, 6.07) is 15.6. The standard InChI is InChI=1S/C24H27NO3/c1-4-13-25-16-20(14-18-5-9-22(27-2)10-6-18)24(26)21(17-25)15-19-7-11-23(28-3)12-8-19/h5-12,14-15H,4,13,16-17H2,1-3H3/b20-14-,21-15+. The maximum absolute atomic E-state index is 13.1. The van der Waals surface area contributed by atoms with Gasteiger partial charge in [-0.1, -0.05) is 31.2 Å². The third-order valence-electron chi connectivity index (χ3n) is 4.82. The van der Waals surface area contributed by atoms with Gasteiger partial charge in [-0.2, -0.15) is 0 Å². The van der Waals surface area contributed by atoms with Gasteiger partial charge in [0.1, 0.15) is 11.5 Å². The van der Waals surface area contributed by atoms with Crippen molar-refractivity contribution in [3.63, 3.8) is 0 Å². The molecule has 0 spiro atoms. The molecule has 0 aliphatic carbocycles. The van der Waals surface area contributed by atoms with Gasteiger partial charge < -0.3 is 9.47 Å². The fourth-order valence-electron chi connectivity index (χ4n) is 3.39. The SMILES string of the molecule is CCCN1C/C(=C/c2ccc(OC)cc2)C(=O)/C(=C/c2ccc(OC)cc2)C1. The molecule has 2 aromatic rings. The van der Waals surface area contributed by atoms with Gasteiger partial charge in [-0.25, -0.2) is 0 Å². The van der Waals surface area contributed by atoms with Crippen LogP contribution in [-0.4, -0.2) is 44.5 Å². The van der Waals surface area contributed by atoms with Crippen molar-refractivity contribution in [3.8, 4) is 11.5 Å². The Bertz CT molecular complexity index is 794. The van der Waals surface area contributed by atoms with Crippen LogP contribution >= 0.6 is 0 Å². The van der Waals surface area contributed by atoms with Crippen molar-refractivity contribution in [2.24, 2.45) is 0 Å². The lowest BCUT2D eigenvalue weighted by molar-refractivity contribution is -0.113. The monoisotopic (exact) mass is 377 g/mol. The summed E-state index contributed by atoms with van der Waals surface area (Å²) >= 11 is 0. The molecule has 1 aliphatic heterocycles. The zero-order valence-corrected chi connectivity index (χ0v) is 16.8. The first kappa shape index (κ1) is 19.9. The first-order chi connectivity index (χ1) is 13.6. The highest BCUT2D eigenvalue weighted by atomic mass is 16.5. The molecule has 146 valence electrons. The van der Waals surface area contributed by atoms with E-state index in [1.807, 2.05) is 60.7 Å². The molecule has 4 nitrogen and oxygen atoms in total. The van der Waals surface area contributed by atoms with E-state index in [-0.39, 0.29) is 5.78 Å². The van der Waals surface area contributed by atoms with Crippen LogP contribution in [0.2, 0.25) is 0 Å². The summed E-state index contributed by atoms with van der Waals surface area (Å²) < 4.78 is 10.4.